The monoisotopic (exact) mass is 264 g/mol. The number of carbonyl (C=O) groups is 1. The third-order valence-corrected chi connectivity index (χ3v) is 3.09. The molecule has 1 N–H and O–H groups in total. The second-order valence-corrected chi connectivity index (χ2v) is 5.05. The minimum absolute atomic E-state index is 0.0808. The topological polar surface area (TPSA) is 41.6 Å². The minimum Gasteiger partial charge on any atom is -0.481 e. The summed E-state index contributed by atoms with van der Waals surface area (Å²) in [5, 5.41) is 2.86. The van der Waals surface area contributed by atoms with Crippen LogP contribution in [0.3, 0.4) is 0 Å². The van der Waals surface area contributed by atoms with Gasteiger partial charge in [0.2, 0.25) is 0 Å². The Bertz CT molecular complexity index is 430. The molecule has 0 spiro atoms. The van der Waals surface area contributed by atoms with Crippen LogP contribution in [0.2, 0.25) is 0 Å². The summed E-state index contributed by atoms with van der Waals surface area (Å²) in [5.74, 6) is 0.693. The Morgan fingerprint density at radius 2 is 2.05 bits per heavy atom. The van der Waals surface area contributed by atoms with Gasteiger partial charge in [-0.1, -0.05) is 12.1 Å². The van der Waals surface area contributed by atoms with E-state index < -0.39 is 6.10 Å². The van der Waals surface area contributed by atoms with Gasteiger partial charge < -0.3 is 15.0 Å². The maximum atomic E-state index is 11.9. The van der Waals surface area contributed by atoms with Crippen molar-refractivity contribution in [2.24, 2.45) is 0 Å². The molecule has 0 aromatic heterocycles. The first-order valence-corrected chi connectivity index (χ1v) is 6.57. The lowest BCUT2D eigenvalue weighted by molar-refractivity contribution is -0.127. The zero-order valence-corrected chi connectivity index (χ0v) is 12.5. The highest BCUT2D eigenvalue weighted by Gasteiger charge is 2.15. The van der Waals surface area contributed by atoms with Crippen LogP contribution in [0.4, 0.5) is 0 Å². The lowest BCUT2D eigenvalue weighted by atomic mass is 10.1. The normalized spacial score (nSPS) is 12.3. The molecule has 0 saturated heterocycles. The summed E-state index contributed by atoms with van der Waals surface area (Å²) in [6.45, 7) is 7.26. The third-order valence-electron chi connectivity index (χ3n) is 3.09. The van der Waals surface area contributed by atoms with Crippen LogP contribution in [0.5, 0.6) is 5.75 Å². The summed E-state index contributed by atoms with van der Waals surface area (Å²) >= 11 is 0. The SMILES string of the molecule is Cc1cccc(O[C@@H](C)C(=O)NCCN(C)C)c1C. The molecule has 4 nitrogen and oxygen atoms in total. The number of carbonyl (C=O) groups excluding carboxylic acids is 1. The van der Waals surface area contributed by atoms with Crippen molar-refractivity contribution in [3.05, 3.63) is 29.3 Å². The zero-order chi connectivity index (χ0) is 14.4. The predicted molar refractivity (Wildman–Crippen MR) is 77.6 cm³/mol. The van der Waals surface area contributed by atoms with Crippen molar-refractivity contribution in [1.82, 2.24) is 10.2 Å². The summed E-state index contributed by atoms with van der Waals surface area (Å²) in [7, 11) is 3.95. The van der Waals surface area contributed by atoms with E-state index in [-0.39, 0.29) is 5.91 Å². The molecule has 0 fully saturated rings. The fraction of sp³-hybridized carbons (Fsp3) is 0.533. The number of benzene rings is 1. The molecule has 1 aromatic rings. The highest BCUT2D eigenvalue weighted by molar-refractivity contribution is 5.80. The molecule has 0 bridgehead atoms. The van der Waals surface area contributed by atoms with Gasteiger partial charge in [-0.05, 0) is 52.1 Å². The second kappa shape index (κ2) is 7.14. The van der Waals surface area contributed by atoms with Crippen LogP contribution in [-0.4, -0.2) is 44.1 Å². The van der Waals surface area contributed by atoms with E-state index in [1.807, 2.05) is 51.0 Å². The molecule has 0 aliphatic carbocycles. The van der Waals surface area contributed by atoms with Crippen molar-refractivity contribution in [3.63, 3.8) is 0 Å². The predicted octanol–water partition coefficient (Wildman–Crippen LogP) is 1.75. The van der Waals surface area contributed by atoms with Gasteiger partial charge in [-0.3, -0.25) is 4.79 Å². The number of hydrogen-bond acceptors (Lipinski definition) is 3. The molecule has 1 rings (SSSR count). The fourth-order valence-electron chi connectivity index (χ4n) is 1.64. The minimum atomic E-state index is -0.484. The molecule has 0 aliphatic rings. The van der Waals surface area contributed by atoms with Gasteiger partial charge >= 0.3 is 0 Å². The first kappa shape index (κ1) is 15.5. The van der Waals surface area contributed by atoms with E-state index in [1.54, 1.807) is 6.92 Å². The molecule has 0 radical (unpaired) electrons. The van der Waals surface area contributed by atoms with Crippen LogP contribution in [0.25, 0.3) is 0 Å². The van der Waals surface area contributed by atoms with Gasteiger partial charge in [-0.25, -0.2) is 0 Å². The molecule has 0 unspecified atom stereocenters. The number of ether oxygens (including phenoxy) is 1. The van der Waals surface area contributed by atoms with E-state index in [1.165, 1.54) is 0 Å². The first-order chi connectivity index (χ1) is 8.91. The lowest BCUT2D eigenvalue weighted by Gasteiger charge is -2.17. The Morgan fingerprint density at radius 3 is 2.68 bits per heavy atom. The number of likely N-dealkylation sites (N-methyl/N-ethyl adjacent to an activating group) is 1. The molecule has 0 saturated carbocycles. The number of amides is 1. The number of hydrogen-bond donors (Lipinski definition) is 1. The Balaban J connectivity index is 2.52. The summed E-state index contributed by atoms with van der Waals surface area (Å²) in [4.78, 5) is 13.9. The van der Waals surface area contributed by atoms with Gasteiger partial charge in [0.25, 0.3) is 5.91 Å². The number of aryl methyl sites for hydroxylation is 1. The van der Waals surface area contributed by atoms with E-state index in [4.69, 9.17) is 4.74 Å². The molecule has 1 aromatic carbocycles. The maximum absolute atomic E-state index is 11.9. The van der Waals surface area contributed by atoms with E-state index in [0.717, 1.165) is 23.4 Å². The van der Waals surface area contributed by atoms with Gasteiger partial charge in [0.1, 0.15) is 5.75 Å². The summed E-state index contributed by atoms with van der Waals surface area (Å²) in [6, 6.07) is 5.87. The third kappa shape index (κ3) is 4.91. The highest BCUT2D eigenvalue weighted by Crippen LogP contribution is 2.21. The summed E-state index contributed by atoms with van der Waals surface area (Å²) in [5.41, 5.74) is 2.24. The quantitative estimate of drug-likeness (QED) is 0.851. The lowest BCUT2D eigenvalue weighted by Crippen LogP contribution is -2.39. The van der Waals surface area contributed by atoms with Crippen molar-refractivity contribution < 1.29 is 9.53 Å². The number of nitrogens with one attached hydrogen (secondary N) is 1. The molecular weight excluding hydrogens is 240 g/mol. The molecular formula is C15H24N2O2. The summed E-state index contributed by atoms with van der Waals surface area (Å²) < 4.78 is 5.72. The van der Waals surface area contributed by atoms with E-state index >= 15 is 0 Å². The van der Waals surface area contributed by atoms with Crippen molar-refractivity contribution in [2.75, 3.05) is 27.2 Å². The number of rotatable bonds is 6. The van der Waals surface area contributed by atoms with Crippen LogP contribution >= 0.6 is 0 Å². The molecule has 19 heavy (non-hydrogen) atoms. The van der Waals surface area contributed by atoms with Crippen molar-refractivity contribution in [3.8, 4) is 5.75 Å². The standard InChI is InChI=1S/C15H24N2O2/c1-11-7-6-8-14(12(11)2)19-13(3)15(18)16-9-10-17(4)5/h6-8,13H,9-10H2,1-5H3,(H,16,18)/t13-/m0/s1. The van der Waals surface area contributed by atoms with Gasteiger partial charge in [-0.2, -0.15) is 0 Å². The van der Waals surface area contributed by atoms with Crippen molar-refractivity contribution in [2.45, 2.75) is 26.9 Å². The van der Waals surface area contributed by atoms with E-state index in [9.17, 15) is 4.79 Å². The molecule has 1 atom stereocenters. The van der Waals surface area contributed by atoms with Crippen LogP contribution in [0, 0.1) is 13.8 Å². The van der Waals surface area contributed by atoms with E-state index in [2.05, 4.69) is 5.32 Å². The average Bonchev–Trinajstić information content (AvgIpc) is 2.34. The Morgan fingerprint density at radius 1 is 1.37 bits per heavy atom. The Kier molecular flexibility index (Phi) is 5.83. The molecule has 0 aliphatic heterocycles. The Labute approximate surface area is 115 Å². The van der Waals surface area contributed by atoms with Gasteiger partial charge in [-0.15, -0.1) is 0 Å². The van der Waals surface area contributed by atoms with Crippen LogP contribution in [0.1, 0.15) is 18.1 Å². The van der Waals surface area contributed by atoms with Gasteiger partial charge in [0, 0.05) is 13.1 Å². The van der Waals surface area contributed by atoms with E-state index in [0.29, 0.717) is 6.54 Å². The largest absolute Gasteiger partial charge is 0.481 e. The molecule has 4 heteroatoms. The van der Waals surface area contributed by atoms with Gasteiger partial charge in [0.05, 0.1) is 0 Å². The fourth-order valence-corrected chi connectivity index (χ4v) is 1.64. The summed E-state index contributed by atoms with van der Waals surface area (Å²) in [6.07, 6.45) is -0.484. The second-order valence-electron chi connectivity index (χ2n) is 5.05. The van der Waals surface area contributed by atoms with Crippen molar-refractivity contribution in [1.29, 1.82) is 0 Å². The van der Waals surface area contributed by atoms with Crippen LogP contribution in [0.15, 0.2) is 18.2 Å². The molecule has 0 heterocycles. The highest BCUT2D eigenvalue weighted by atomic mass is 16.5. The number of nitrogens with zero attached hydrogens (tertiary/aromatic N) is 1. The zero-order valence-electron chi connectivity index (χ0n) is 12.5. The van der Waals surface area contributed by atoms with Crippen LogP contribution < -0.4 is 10.1 Å². The molecule has 106 valence electrons. The average molecular weight is 264 g/mol. The van der Waals surface area contributed by atoms with Gasteiger partial charge in [0.15, 0.2) is 6.10 Å². The smallest absolute Gasteiger partial charge is 0.260 e. The maximum Gasteiger partial charge on any atom is 0.260 e. The van der Waals surface area contributed by atoms with Crippen LogP contribution in [-0.2, 0) is 4.79 Å². The van der Waals surface area contributed by atoms with Crippen molar-refractivity contribution >= 4 is 5.91 Å². The Hall–Kier alpha value is -1.55. The first-order valence-electron chi connectivity index (χ1n) is 6.57. The molecule has 1 amide bonds.